The van der Waals surface area contributed by atoms with Gasteiger partial charge in [0.25, 0.3) is 17.7 Å². The van der Waals surface area contributed by atoms with Crippen LogP contribution >= 0.6 is 0 Å². The van der Waals surface area contributed by atoms with Gasteiger partial charge in [-0.05, 0) is 41.8 Å². The molecule has 4 aromatic carbocycles. The van der Waals surface area contributed by atoms with Gasteiger partial charge in [0.05, 0.1) is 40.7 Å². The lowest BCUT2D eigenvalue weighted by atomic mass is 10.0. The summed E-state index contributed by atoms with van der Waals surface area (Å²) in [5.74, 6) is -2.75. The van der Waals surface area contributed by atoms with Crippen LogP contribution in [0.3, 0.4) is 0 Å². The van der Waals surface area contributed by atoms with Crippen molar-refractivity contribution in [1.29, 1.82) is 0 Å². The molecule has 0 fully saturated rings. The van der Waals surface area contributed by atoms with Gasteiger partial charge in [-0.2, -0.15) is 5.11 Å². The van der Waals surface area contributed by atoms with Gasteiger partial charge in [-0.1, -0.05) is 36.4 Å². The lowest BCUT2D eigenvalue weighted by molar-refractivity contribution is 0.0601. The summed E-state index contributed by atoms with van der Waals surface area (Å²) in [6.45, 7) is 0. The molecule has 0 unspecified atom stereocenters. The van der Waals surface area contributed by atoms with E-state index in [4.69, 9.17) is 4.74 Å². The largest absolute Gasteiger partial charge is 0.505 e. The molecular weight excluding hydrogens is 476 g/mol. The number of nitrogens with one attached hydrogen (secondary N) is 2. The van der Waals surface area contributed by atoms with Crippen molar-refractivity contribution in [3.05, 3.63) is 95.1 Å². The molecule has 1 aliphatic rings. The van der Waals surface area contributed by atoms with Crippen LogP contribution in [-0.4, -0.2) is 35.9 Å². The minimum Gasteiger partial charge on any atom is -0.505 e. The number of phenols is 1. The summed E-state index contributed by atoms with van der Waals surface area (Å²) < 4.78 is 4.77. The third-order valence-electron chi connectivity index (χ3n) is 5.81. The average molecular weight is 494 g/mol. The third kappa shape index (κ3) is 4.27. The van der Waals surface area contributed by atoms with Gasteiger partial charge in [0, 0.05) is 5.39 Å². The SMILES string of the molecule is COC(=O)c1ccccc1NC(=O)c1cc2ccccc2c(N=Nc2ccc3c(c2)C(=O)NC3=O)c1O. The summed E-state index contributed by atoms with van der Waals surface area (Å²) in [6.07, 6.45) is 0. The van der Waals surface area contributed by atoms with Crippen molar-refractivity contribution < 1.29 is 29.0 Å². The Labute approximate surface area is 209 Å². The lowest BCUT2D eigenvalue weighted by Crippen LogP contribution is -2.19. The van der Waals surface area contributed by atoms with Crippen LogP contribution in [0.15, 0.2) is 83.0 Å². The standard InChI is InChI=1S/C27H18N4O6/c1-37-27(36)18-8-4-5-9-21(18)28-26(35)20-12-14-6-2-3-7-16(14)22(23(20)32)31-30-15-10-11-17-19(13-15)25(34)29-24(17)33/h2-13,32H,1H3,(H,28,35)(H,29,33,34). The monoisotopic (exact) mass is 494 g/mol. The molecule has 4 aromatic rings. The van der Waals surface area contributed by atoms with Crippen LogP contribution in [0.5, 0.6) is 5.75 Å². The molecule has 10 nitrogen and oxygen atoms in total. The zero-order valence-corrected chi connectivity index (χ0v) is 19.3. The maximum atomic E-state index is 13.2. The Kier molecular flexibility index (Phi) is 5.90. The van der Waals surface area contributed by atoms with Crippen molar-refractivity contribution in [3.8, 4) is 5.75 Å². The fourth-order valence-corrected chi connectivity index (χ4v) is 3.99. The second-order valence-corrected chi connectivity index (χ2v) is 8.05. The minimum atomic E-state index is -0.677. The van der Waals surface area contributed by atoms with E-state index >= 15 is 0 Å². The third-order valence-corrected chi connectivity index (χ3v) is 5.81. The van der Waals surface area contributed by atoms with Crippen LogP contribution in [0, 0.1) is 0 Å². The number of benzene rings is 4. The first kappa shape index (κ1) is 23.4. The highest BCUT2D eigenvalue weighted by molar-refractivity contribution is 6.21. The second-order valence-electron chi connectivity index (χ2n) is 8.05. The molecule has 0 saturated heterocycles. The number of anilines is 1. The second kappa shape index (κ2) is 9.34. The Hall–Kier alpha value is -5.38. The first-order valence-corrected chi connectivity index (χ1v) is 11.0. The Morgan fingerprint density at radius 2 is 1.59 bits per heavy atom. The lowest BCUT2D eigenvalue weighted by Gasteiger charge is -2.13. The van der Waals surface area contributed by atoms with E-state index in [0.717, 1.165) is 0 Å². The van der Waals surface area contributed by atoms with Crippen molar-refractivity contribution in [3.63, 3.8) is 0 Å². The van der Waals surface area contributed by atoms with E-state index in [9.17, 15) is 24.3 Å². The number of hydrogen-bond acceptors (Lipinski definition) is 8. The minimum absolute atomic E-state index is 0.0329. The molecule has 1 heterocycles. The van der Waals surface area contributed by atoms with Crippen LogP contribution < -0.4 is 10.6 Å². The number of carbonyl (C=O) groups excluding carboxylic acids is 4. The fraction of sp³-hybridized carbons (Fsp3) is 0.0370. The summed E-state index contributed by atoms with van der Waals surface area (Å²) >= 11 is 0. The number of phenolic OH excluding ortho intramolecular Hbond substituents is 1. The molecule has 0 aromatic heterocycles. The van der Waals surface area contributed by atoms with Crippen molar-refractivity contribution >= 4 is 51.5 Å². The topological polar surface area (TPSA) is 147 Å². The van der Waals surface area contributed by atoms with Crippen molar-refractivity contribution in [2.24, 2.45) is 10.2 Å². The molecule has 0 radical (unpaired) electrons. The zero-order chi connectivity index (χ0) is 26.1. The molecule has 0 aliphatic carbocycles. The van der Waals surface area contributed by atoms with Gasteiger partial charge in [-0.15, -0.1) is 5.11 Å². The number of rotatable bonds is 5. The van der Waals surface area contributed by atoms with Gasteiger partial charge < -0.3 is 15.2 Å². The highest BCUT2D eigenvalue weighted by atomic mass is 16.5. The first-order valence-electron chi connectivity index (χ1n) is 11.0. The van der Waals surface area contributed by atoms with Gasteiger partial charge in [0.15, 0.2) is 5.75 Å². The van der Waals surface area contributed by atoms with E-state index in [1.165, 1.54) is 43.5 Å². The highest BCUT2D eigenvalue weighted by Gasteiger charge is 2.27. The summed E-state index contributed by atoms with van der Waals surface area (Å²) in [5, 5.41) is 25.4. The molecule has 182 valence electrons. The fourth-order valence-electron chi connectivity index (χ4n) is 3.99. The summed E-state index contributed by atoms with van der Waals surface area (Å²) in [6, 6.07) is 19.2. The number of ether oxygens (including phenoxy) is 1. The molecular formula is C27H18N4O6. The molecule has 1 aliphatic heterocycles. The van der Waals surface area contributed by atoms with E-state index in [1.54, 1.807) is 36.4 Å². The number of hydrogen-bond donors (Lipinski definition) is 3. The number of methoxy groups -OCH3 is 1. The zero-order valence-electron chi connectivity index (χ0n) is 19.3. The van der Waals surface area contributed by atoms with Crippen molar-refractivity contribution in [1.82, 2.24) is 5.32 Å². The number of esters is 1. The number of para-hydroxylation sites is 1. The number of carbonyl (C=O) groups is 4. The summed E-state index contributed by atoms with van der Waals surface area (Å²) in [5.41, 5.74) is 0.987. The van der Waals surface area contributed by atoms with E-state index in [0.29, 0.717) is 10.8 Å². The molecule has 0 atom stereocenters. The molecule has 3 amide bonds. The smallest absolute Gasteiger partial charge is 0.339 e. The maximum Gasteiger partial charge on any atom is 0.339 e. The van der Waals surface area contributed by atoms with Gasteiger partial charge in [0.1, 0.15) is 5.69 Å². The Morgan fingerprint density at radius 3 is 2.41 bits per heavy atom. The Morgan fingerprint density at radius 1 is 0.865 bits per heavy atom. The van der Waals surface area contributed by atoms with Crippen molar-refractivity contribution in [2.45, 2.75) is 0 Å². The summed E-state index contributed by atoms with van der Waals surface area (Å²) in [7, 11) is 1.23. The number of fused-ring (bicyclic) bond motifs is 2. The number of amides is 3. The molecule has 3 N–H and O–H groups in total. The van der Waals surface area contributed by atoms with Gasteiger partial charge in [-0.3, -0.25) is 19.7 Å². The number of aromatic hydroxyl groups is 1. The van der Waals surface area contributed by atoms with E-state index in [2.05, 4.69) is 20.9 Å². The van der Waals surface area contributed by atoms with Crippen LogP contribution in [-0.2, 0) is 4.74 Å². The molecule has 0 bridgehead atoms. The van der Waals surface area contributed by atoms with Crippen LogP contribution in [0.25, 0.3) is 10.8 Å². The average Bonchev–Trinajstić information content (AvgIpc) is 3.20. The van der Waals surface area contributed by atoms with Crippen LogP contribution in [0.2, 0.25) is 0 Å². The van der Waals surface area contributed by atoms with Gasteiger partial charge >= 0.3 is 5.97 Å². The quantitative estimate of drug-likeness (QED) is 0.205. The van der Waals surface area contributed by atoms with Crippen LogP contribution in [0.4, 0.5) is 17.1 Å². The normalized spacial score (nSPS) is 12.5. The van der Waals surface area contributed by atoms with Gasteiger partial charge in [-0.25, -0.2) is 4.79 Å². The number of azo groups is 1. The van der Waals surface area contributed by atoms with E-state index in [-0.39, 0.29) is 39.3 Å². The predicted octanol–water partition coefficient (Wildman–Crippen LogP) is 4.88. The molecule has 10 heteroatoms. The highest BCUT2D eigenvalue weighted by Crippen LogP contribution is 2.40. The molecule has 0 spiro atoms. The number of imide groups is 1. The van der Waals surface area contributed by atoms with Crippen LogP contribution in [0.1, 0.15) is 41.4 Å². The predicted molar refractivity (Wildman–Crippen MR) is 134 cm³/mol. The van der Waals surface area contributed by atoms with E-state index in [1.807, 2.05) is 0 Å². The van der Waals surface area contributed by atoms with Crippen molar-refractivity contribution in [2.75, 3.05) is 12.4 Å². The maximum absolute atomic E-state index is 13.2. The molecule has 0 saturated carbocycles. The Bertz CT molecular complexity index is 1660. The Balaban J connectivity index is 1.55. The number of nitrogens with zero attached hydrogens (tertiary/aromatic N) is 2. The van der Waals surface area contributed by atoms with E-state index < -0.39 is 29.4 Å². The summed E-state index contributed by atoms with van der Waals surface area (Å²) in [4.78, 5) is 49.0. The molecule has 5 rings (SSSR count). The van der Waals surface area contributed by atoms with Gasteiger partial charge in [0.2, 0.25) is 0 Å². The first-order chi connectivity index (χ1) is 17.9. The molecule has 37 heavy (non-hydrogen) atoms.